The number of likely N-dealkylation sites (tertiary alicyclic amines) is 1. The van der Waals surface area contributed by atoms with E-state index < -0.39 is 0 Å². The monoisotopic (exact) mass is 364 g/mol. The van der Waals surface area contributed by atoms with Crippen LogP contribution in [0.5, 0.6) is 0 Å². The molecule has 2 atom stereocenters. The van der Waals surface area contributed by atoms with Gasteiger partial charge in [-0.3, -0.25) is 4.79 Å². The van der Waals surface area contributed by atoms with Gasteiger partial charge in [0.05, 0.1) is 23.5 Å². The molecule has 0 saturated carbocycles. The van der Waals surface area contributed by atoms with Gasteiger partial charge in [-0.1, -0.05) is 32.9 Å². The predicted molar refractivity (Wildman–Crippen MR) is 98.1 cm³/mol. The highest BCUT2D eigenvalue weighted by Crippen LogP contribution is 2.42. The number of hydrogen-bond acceptors (Lipinski definition) is 5. The van der Waals surface area contributed by atoms with E-state index in [-0.39, 0.29) is 29.1 Å². The SMILES string of the molecule is CCc1noc(C)c1C(=O)N1CCC2(CC1)C[C@H](O)C[C@H](C(C)(C)C)O2. The molecule has 0 aromatic carbocycles. The third kappa shape index (κ3) is 3.67. The van der Waals surface area contributed by atoms with Crippen LogP contribution in [0.2, 0.25) is 0 Å². The lowest BCUT2D eigenvalue weighted by Gasteiger charge is -2.50. The molecule has 0 radical (unpaired) electrons. The first-order valence-electron chi connectivity index (χ1n) is 9.75. The van der Waals surface area contributed by atoms with Gasteiger partial charge in [0.2, 0.25) is 0 Å². The number of aromatic nitrogens is 1. The van der Waals surface area contributed by atoms with Crippen molar-refractivity contribution in [2.75, 3.05) is 13.1 Å². The van der Waals surface area contributed by atoms with E-state index in [0.29, 0.717) is 43.7 Å². The molecule has 6 heteroatoms. The van der Waals surface area contributed by atoms with E-state index in [1.807, 2.05) is 11.8 Å². The van der Waals surface area contributed by atoms with Crippen molar-refractivity contribution in [3.8, 4) is 0 Å². The standard InChI is InChI=1S/C20H32N2O4/c1-6-15-17(13(2)26-21-15)18(24)22-9-7-20(8-10-22)12-14(23)11-16(25-20)19(3,4)5/h14,16,23H,6-12H2,1-5H3/t14-,16-/m1/s1. The summed E-state index contributed by atoms with van der Waals surface area (Å²) < 4.78 is 11.7. The van der Waals surface area contributed by atoms with Crippen molar-refractivity contribution in [2.24, 2.45) is 5.41 Å². The van der Waals surface area contributed by atoms with Gasteiger partial charge in [0.25, 0.3) is 5.91 Å². The zero-order valence-electron chi connectivity index (χ0n) is 16.7. The maximum atomic E-state index is 13.0. The number of carbonyl (C=O) groups excluding carboxylic acids is 1. The van der Waals surface area contributed by atoms with E-state index in [2.05, 4.69) is 25.9 Å². The first kappa shape index (κ1) is 19.4. The summed E-state index contributed by atoms with van der Waals surface area (Å²) in [5.41, 5.74) is 1.02. The van der Waals surface area contributed by atoms with E-state index in [1.54, 1.807) is 6.92 Å². The zero-order chi connectivity index (χ0) is 19.1. The largest absolute Gasteiger partial charge is 0.393 e. The molecule has 1 N–H and O–H groups in total. The lowest BCUT2D eigenvalue weighted by atomic mass is 9.76. The predicted octanol–water partition coefficient (Wildman–Crippen LogP) is 3.11. The third-order valence-electron chi connectivity index (χ3n) is 5.90. The fraction of sp³-hybridized carbons (Fsp3) is 0.800. The fourth-order valence-electron chi connectivity index (χ4n) is 4.22. The summed E-state index contributed by atoms with van der Waals surface area (Å²) in [6, 6.07) is 0. The Kier molecular flexibility index (Phi) is 5.19. The Labute approximate surface area is 155 Å². The van der Waals surface area contributed by atoms with Gasteiger partial charge in [-0.25, -0.2) is 0 Å². The fourth-order valence-corrected chi connectivity index (χ4v) is 4.22. The summed E-state index contributed by atoms with van der Waals surface area (Å²) in [5, 5.41) is 14.4. The lowest BCUT2D eigenvalue weighted by molar-refractivity contribution is -0.205. The molecule has 1 spiro atoms. The quantitative estimate of drug-likeness (QED) is 0.873. The summed E-state index contributed by atoms with van der Waals surface area (Å²) in [6.07, 6.45) is 3.26. The second-order valence-corrected chi connectivity index (χ2v) is 8.96. The maximum absolute atomic E-state index is 13.0. The van der Waals surface area contributed by atoms with Gasteiger partial charge in [0.15, 0.2) is 0 Å². The molecule has 0 bridgehead atoms. The molecule has 26 heavy (non-hydrogen) atoms. The van der Waals surface area contributed by atoms with Crippen LogP contribution in [0, 0.1) is 12.3 Å². The number of carbonyl (C=O) groups is 1. The Balaban J connectivity index is 1.70. The second kappa shape index (κ2) is 6.97. The van der Waals surface area contributed by atoms with Crippen LogP contribution in [-0.2, 0) is 11.2 Å². The molecule has 2 aliphatic heterocycles. The Hall–Kier alpha value is -1.40. The number of aryl methyl sites for hydroxylation is 2. The van der Waals surface area contributed by atoms with Crippen LogP contribution in [0.4, 0.5) is 0 Å². The molecule has 0 aliphatic carbocycles. The molecular weight excluding hydrogens is 332 g/mol. The van der Waals surface area contributed by atoms with E-state index in [1.165, 1.54) is 0 Å². The van der Waals surface area contributed by atoms with Gasteiger partial charge in [0.1, 0.15) is 11.3 Å². The van der Waals surface area contributed by atoms with Gasteiger partial charge in [0, 0.05) is 25.9 Å². The minimum absolute atomic E-state index is 0.000760. The van der Waals surface area contributed by atoms with Crippen LogP contribution < -0.4 is 0 Å². The number of rotatable bonds is 2. The lowest BCUT2D eigenvalue weighted by Crippen LogP contribution is -2.55. The van der Waals surface area contributed by atoms with Crippen molar-refractivity contribution in [2.45, 2.75) is 84.5 Å². The molecule has 0 unspecified atom stereocenters. The van der Waals surface area contributed by atoms with Crippen LogP contribution in [0.15, 0.2) is 4.52 Å². The van der Waals surface area contributed by atoms with E-state index in [9.17, 15) is 9.90 Å². The summed E-state index contributed by atoms with van der Waals surface area (Å²) in [5.74, 6) is 0.587. The van der Waals surface area contributed by atoms with Crippen LogP contribution in [0.1, 0.15) is 75.2 Å². The third-order valence-corrected chi connectivity index (χ3v) is 5.90. The average molecular weight is 364 g/mol. The van der Waals surface area contributed by atoms with Gasteiger partial charge < -0.3 is 19.3 Å². The number of hydrogen-bond donors (Lipinski definition) is 1. The number of nitrogens with zero attached hydrogens (tertiary/aromatic N) is 2. The van der Waals surface area contributed by atoms with Gasteiger partial charge >= 0.3 is 0 Å². The van der Waals surface area contributed by atoms with Crippen molar-refractivity contribution in [3.05, 3.63) is 17.0 Å². The zero-order valence-corrected chi connectivity index (χ0v) is 16.7. The summed E-state index contributed by atoms with van der Waals surface area (Å²) >= 11 is 0. The molecule has 1 aromatic rings. The molecule has 3 heterocycles. The van der Waals surface area contributed by atoms with Crippen molar-refractivity contribution in [3.63, 3.8) is 0 Å². The Morgan fingerprint density at radius 1 is 1.35 bits per heavy atom. The van der Waals surface area contributed by atoms with Gasteiger partial charge in [-0.2, -0.15) is 0 Å². The smallest absolute Gasteiger partial charge is 0.259 e. The highest BCUT2D eigenvalue weighted by atomic mass is 16.5. The molecule has 6 nitrogen and oxygen atoms in total. The summed E-state index contributed by atoms with van der Waals surface area (Å²) in [6.45, 7) is 11.5. The minimum Gasteiger partial charge on any atom is -0.393 e. The Morgan fingerprint density at radius 3 is 2.58 bits per heavy atom. The van der Waals surface area contributed by atoms with Crippen molar-refractivity contribution in [1.82, 2.24) is 10.1 Å². The first-order chi connectivity index (χ1) is 12.1. The van der Waals surface area contributed by atoms with Crippen LogP contribution in [0.3, 0.4) is 0 Å². The van der Waals surface area contributed by atoms with Crippen molar-refractivity contribution < 1.29 is 19.2 Å². The topological polar surface area (TPSA) is 75.8 Å². The Morgan fingerprint density at radius 2 is 2.00 bits per heavy atom. The molecule has 2 aliphatic rings. The van der Waals surface area contributed by atoms with E-state index in [0.717, 1.165) is 18.5 Å². The maximum Gasteiger partial charge on any atom is 0.259 e. The van der Waals surface area contributed by atoms with E-state index in [4.69, 9.17) is 9.26 Å². The number of amides is 1. The molecule has 1 aromatic heterocycles. The van der Waals surface area contributed by atoms with Crippen molar-refractivity contribution >= 4 is 5.91 Å². The molecular formula is C20H32N2O4. The Bertz CT molecular complexity index is 653. The van der Waals surface area contributed by atoms with Crippen molar-refractivity contribution in [1.29, 1.82) is 0 Å². The van der Waals surface area contributed by atoms with Crippen LogP contribution in [0.25, 0.3) is 0 Å². The first-order valence-corrected chi connectivity index (χ1v) is 9.75. The highest BCUT2D eigenvalue weighted by molar-refractivity contribution is 5.96. The minimum atomic E-state index is -0.331. The van der Waals surface area contributed by atoms with Gasteiger partial charge in [-0.05, 0) is 31.6 Å². The van der Waals surface area contributed by atoms with Crippen LogP contribution in [-0.4, -0.2) is 52.0 Å². The van der Waals surface area contributed by atoms with Crippen LogP contribution >= 0.6 is 0 Å². The van der Waals surface area contributed by atoms with E-state index >= 15 is 0 Å². The molecule has 146 valence electrons. The highest BCUT2D eigenvalue weighted by Gasteiger charge is 2.46. The molecule has 2 saturated heterocycles. The number of ether oxygens (including phenoxy) is 1. The average Bonchev–Trinajstić information content (AvgIpc) is 2.94. The number of aliphatic hydroxyl groups excluding tert-OH is 1. The normalized spacial score (nSPS) is 26.3. The number of aliphatic hydroxyl groups is 1. The number of piperidine rings is 1. The summed E-state index contributed by atoms with van der Waals surface area (Å²) in [7, 11) is 0. The second-order valence-electron chi connectivity index (χ2n) is 8.96. The molecule has 1 amide bonds. The summed E-state index contributed by atoms with van der Waals surface area (Å²) in [4.78, 5) is 14.8. The van der Waals surface area contributed by atoms with Gasteiger partial charge in [-0.15, -0.1) is 0 Å². The molecule has 2 fully saturated rings. The molecule has 3 rings (SSSR count).